The summed E-state index contributed by atoms with van der Waals surface area (Å²) >= 11 is 1.53. The van der Waals surface area contributed by atoms with Gasteiger partial charge >= 0.3 is 0 Å². The zero-order valence-corrected chi connectivity index (χ0v) is 14.3. The Kier molecular flexibility index (Phi) is 4.63. The van der Waals surface area contributed by atoms with Crippen LogP contribution in [0.5, 0.6) is 0 Å². The monoisotopic (exact) mass is 350 g/mol. The van der Waals surface area contributed by atoms with Crippen LogP contribution in [0.25, 0.3) is 0 Å². The molecule has 0 unspecified atom stereocenters. The van der Waals surface area contributed by atoms with Crippen molar-refractivity contribution in [1.29, 1.82) is 0 Å². The van der Waals surface area contributed by atoms with Crippen LogP contribution in [0.1, 0.15) is 28.5 Å². The summed E-state index contributed by atoms with van der Waals surface area (Å²) in [6, 6.07) is 11.2. The smallest absolute Gasteiger partial charge is 0.280 e. The highest BCUT2D eigenvalue weighted by Crippen LogP contribution is 2.31. The fourth-order valence-electron chi connectivity index (χ4n) is 2.70. The molecule has 5 nitrogen and oxygen atoms in total. The minimum Gasteiger partial charge on any atom is -0.302 e. The highest BCUT2D eigenvalue weighted by molar-refractivity contribution is 7.87. The van der Waals surface area contributed by atoms with Gasteiger partial charge in [0.15, 0.2) is 0 Å². The van der Waals surface area contributed by atoms with Crippen molar-refractivity contribution in [3.05, 3.63) is 57.8 Å². The molecule has 2 heterocycles. The van der Waals surface area contributed by atoms with Crippen LogP contribution in [0.2, 0.25) is 0 Å². The number of nitrogens with one attached hydrogen (secondary N) is 1. The maximum Gasteiger partial charge on any atom is 0.280 e. The zero-order chi connectivity index (χ0) is 16.4. The van der Waals surface area contributed by atoms with Crippen LogP contribution in [0.3, 0.4) is 0 Å². The molecule has 1 aromatic carbocycles. The van der Waals surface area contributed by atoms with E-state index >= 15 is 0 Å². The summed E-state index contributed by atoms with van der Waals surface area (Å²) in [6.45, 7) is 0. The quantitative estimate of drug-likeness (QED) is 0.859. The van der Waals surface area contributed by atoms with Gasteiger partial charge in [0.1, 0.15) is 6.29 Å². The summed E-state index contributed by atoms with van der Waals surface area (Å²) in [5, 5.41) is 2.05. The number of carbonyl (C=O) groups is 1. The van der Waals surface area contributed by atoms with E-state index in [1.807, 2.05) is 29.6 Å². The summed E-state index contributed by atoms with van der Waals surface area (Å²) < 4.78 is 27.9. The van der Waals surface area contributed by atoms with E-state index in [-0.39, 0.29) is 6.04 Å². The summed E-state index contributed by atoms with van der Waals surface area (Å²) in [5.41, 5.74) is 2.36. The van der Waals surface area contributed by atoms with E-state index < -0.39 is 16.3 Å². The Balaban J connectivity index is 1.79. The largest absolute Gasteiger partial charge is 0.302 e. The maximum absolute atomic E-state index is 12.1. The number of aldehydes is 1. The first-order valence-corrected chi connectivity index (χ1v) is 9.63. The van der Waals surface area contributed by atoms with Gasteiger partial charge < -0.3 is 4.79 Å². The minimum atomic E-state index is -3.61. The molecule has 0 amide bonds. The molecule has 23 heavy (non-hydrogen) atoms. The molecule has 0 aliphatic carbocycles. The van der Waals surface area contributed by atoms with E-state index in [1.54, 1.807) is 0 Å². The molecular formula is C16H18N2O3S2. The van der Waals surface area contributed by atoms with Crippen LogP contribution in [-0.2, 0) is 21.4 Å². The van der Waals surface area contributed by atoms with Crippen LogP contribution in [0.15, 0.2) is 41.8 Å². The van der Waals surface area contributed by atoms with E-state index in [2.05, 4.69) is 16.9 Å². The lowest BCUT2D eigenvalue weighted by atomic mass is 10.0. The molecule has 1 aromatic heterocycles. The molecule has 3 rings (SSSR count). The van der Waals surface area contributed by atoms with E-state index in [0.717, 1.165) is 21.2 Å². The molecule has 0 bridgehead atoms. The molecule has 1 N–H and O–H groups in total. The Morgan fingerprint density at radius 1 is 1.30 bits per heavy atom. The summed E-state index contributed by atoms with van der Waals surface area (Å²) in [7, 11) is -2.19. The van der Waals surface area contributed by atoms with E-state index in [1.165, 1.54) is 23.9 Å². The Labute approximate surface area is 140 Å². The molecule has 1 aliphatic rings. The average Bonchev–Trinajstić information content (AvgIpc) is 2.99. The number of carbonyl (C=O) groups excluding carboxylic acids is 1. The van der Waals surface area contributed by atoms with Gasteiger partial charge in [-0.3, -0.25) is 0 Å². The van der Waals surface area contributed by atoms with Gasteiger partial charge in [-0.1, -0.05) is 30.3 Å². The summed E-state index contributed by atoms with van der Waals surface area (Å²) in [6.07, 6.45) is 1.96. The lowest BCUT2D eigenvalue weighted by Gasteiger charge is -2.33. The fourth-order valence-corrected chi connectivity index (χ4v) is 4.99. The Morgan fingerprint density at radius 2 is 2.04 bits per heavy atom. The van der Waals surface area contributed by atoms with Crippen molar-refractivity contribution in [2.24, 2.45) is 0 Å². The van der Waals surface area contributed by atoms with Crippen molar-refractivity contribution in [1.82, 2.24) is 9.03 Å². The van der Waals surface area contributed by atoms with Gasteiger partial charge in [-0.15, -0.1) is 11.3 Å². The zero-order valence-electron chi connectivity index (χ0n) is 12.7. The predicted octanol–water partition coefficient (Wildman–Crippen LogP) is 2.12. The second-order valence-corrected chi connectivity index (χ2v) is 8.36. The van der Waals surface area contributed by atoms with Gasteiger partial charge in [0, 0.05) is 11.9 Å². The summed E-state index contributed by atoms with van der Waals surface area (Å²) in [4.78, 5) is 12.1. The molecule has 0 spiro atoms. The summed E-state index contributed by atoms with van der Waals surface area (Å²) in [5.74, 6) is 0. The van der Waals surface area contributed by atoms with Crippen molar-refractivity contribution in [3.8, 4) is 0 Å². The van der Waals surface area contributed by atoms with Crippen LogP contribution in [-0.4, -0.2) is 32.1 Å². The Hall–Kier alpha value is -1.54. The number of rotatable bonds is 4. The average molecular weight is 350 g/mol. The molecular weight excluding hydrogens is 332 g/mol. The van der Waals surface area contributed by atoms with Gasteiger partial charge in [0.2, 0.25) is 0 Å². The van der Waals surface area contributed by atoms with Crippen molar-refractivity contribution < 1.29 is 13.2 Å². The highest BCUT2D eigenvalue weighted by atomic mass is 32.2. The third-order valence-corrected chi connectivity index (χ3v) is 6.75. The lowest BCUT2D eigenvalue weighted by Crippen LogP contribution is -2.52. The first-order valence-electron chi connectivity index (χ1n) is 7.31. The molecule has 1 aliphatic heterocycles. The van der Waals surface area contributed by atoms with Gasteiger partial charge in [-0.05, 0) is 35.4 Å². The van der Waals surface area contributed by atoms with Crippen LogP contribution < -0.4 is 4.72 Å². The number of hydrogen-bond acceptors (Lipinski definition) is 4. The standard InChI is InChI=1S/C16H18N2O3S2/c1-18-14(10-19)9-15(17-23(18,20)21)16-8-13(11-22-16)7-12-5-3-2-4-6-12/h2-6,8,10-11,14-15,17H,7,9H2,1H3/t14-,15+/m0/s1. The molecule has 7 heteroatoms. The highest BCUT2D eigenvalue weighted by Gasteiger charge is 2.37. The molecule has 1 saturated heterocycles. The van der Waals surface area contributed by atoms with Crippen LogP contribution in [0.4, 0.5) is 0 Å². The number of benzene rings is 1. The second-order valence-electron chi connectivity index (χ2n) is 5.65. The first kappa shape index (κ1) is 16.3. The van der Waals surface area contributed by atoms with E-state index in [4.69, 9.17) is 0 Å². The van der Waals surface area contributed by atoms with Crippen molar-refractivity contribution in [2.75, 3.05) is 7.05 Å². The predicted molar refractivity (Wildman–Crippen MR) is 90.6 cm³/mol. The van der Waals surface area contributed by atoms with E-state index in [0.29, 0.717) is 12.7 Å². The van der Waals surface area contributed by atoms with Crippen LogP contribution in [0, 0.1) is 0 Å². The normalized spacial score (nSPS) is 24.4. The molecule has 2 aromatic rings. The molecule has 2 atom stereocenters. The Morgan fingerprint density at radius 3 is 2.74 bits per heavy atom. The maximum atomic E-state index is 12.1. The SMILES string of the molecule is CN1[C@H](C=O)C[C@H](c2cc(Cc3ccccc3)cs2)NS1(=O)=O. The number of likely N-dealkylation sites (N-methyl/N-ethyl adjacent to an activating group) is 1. The van der Waals surface area contributed by atoms with E-state index in [9.17, 15) is 13.2 Å². The fraction of sp³-hybridized carbons (Fsp3) is 0.312. The number of nitrogens with zero attached hydrogens (tertiary/aromatic N) is 1. The van der Waals surface area contributed by atoms with Crippen molar-refractivity contribution >= 4 is 27.8 Å². The molecule has 0 radical (unpaired) electrons. The minimum absolute atomic E-state index is 0.346. The second kappa shape index (κ2) is 6.52. The van der Waals surface area contributed by atoms with Gasteiger partial charge in [-0.25, -0.2) is 0 Å². The topological polar surface area (TPSA) is 66.5 Å². The molecule has 122 valence electrons. The molecule has 1 fully saturated rings. The van der Waals surface area contributed by atoms with Crippen molar-refractivity contribution in [2.45, 2.75) is 24.9 Å². The Bertz CT molecular complexity index is 787. The third-order valence-electron chi connectivity index (χ3n) is 4.04. The molecule has 0 saturated carbocycles. The van der Waals surface area contributed by atoms with Gasteiger partial charge in [0.25, 0.3) is 10.2 Å². The number of thiophene rings is 1. The third kappa shape index (κ3) is 3.53. The lowest BCUT2D eigenvalue weighted by molar-refractivity contribution is -0.111. The van der Waals surface area contributed by atoms with Crippen molar-refractivity contribution in [3.63, 3.8) is 0 Å². The van der Waals surface area contributed by atoms with Gasteiger partial charge in [0.05, 0.1) is 12.1 Å². The number of hydrogen-bond donors (Lipinski definition) is 1. The van der Waals surface area contributed by atoms with Gasteiger partial charge in [-0.2, -0.15) is 17.4 Å². The van der Waals surface area contributed by atoms with Crippen LogP contribution >= 0.6 is 11.3 Å². The first-order chi connectivity index (χ1) is 11.0.